The summed E-state index contributed by atoms with van der Waals surface area (Å²) in [7, 11) is 0. The van der Waals surface area contributed by atoms with Crippen LogP contribution in [-0.4, -0.2) is 24.3 Å². The zero-order valence-corrected chi connectivity index (χ0v) is 8.73. The van der Waals surface area contributed by atoms with Crippen LogP contribution in [0.5, 0.6) is 0 Å². The van der Waals surface area contributed by atoms with Gasteiger partial charge in [0.05, 0.1) is 0 Å². The van der Waals surface area contributed by atoms with Gasteiger partial charge in [0.2, 0.25) is 0 Å². The molecule has 0 rings (SSSR count). The van der Waals surface area contributed by atoms with E-state index in [4.69, 9.17) is 0 Å². The smallest absolute Gasteiger partial charge is 0.0364 e. The van der Waals surface area contributed by atoms with Gasteiger partial charge in [0, 0.05) is 12.3 Å². The van der Waals surface area contributed by atoms with Crippen molar-refractivity contribution >= 4 is 17.5 Å². The Morgan fingerprint density at radius 3 is 2.83 bits per heavy atom. The molecule has 0 aromatic heterocycles. The van der Waals surface area contributed by atoms with Crippen molar-refractivity contribution in [3.05, 3.63) is 24.8 Å². The van der Waals surface area contributed by atoms with Crippen LogP contribution in [0.3, 0.4) is 0 Å². The lowest BCUT2D eigenvalue weighted by atomic mass is 10.2. The van der Waals surface area contributed by atoms with Gasteiger partial charge in [-0.1, -0.05) is 18.7 Å². The summed E-state index contributed by atoms with van der Waals surface area (Å²) in [6.07, 6.45) is 8.92. The van der Waals surface area contributed by atoms with Crippen molar-refractivity contribution in [2.24, 2.45) is 4.99 Å². The monoisotopic (exact) mass is 183 g/mol. The van der Waals surface area contributed by atoms with Crippen molar-refractivity contribution < 1.29 is 0 Å². The summed E-state index contributed by atoms with van der Waals surface area (Å²) in [6, 6.07) is 0. The molecule has 68 valence electrons. The molecular formula is C10H17NS. The summed E-state index contributed by atoms with van der Waals surface area (Å²) in [4.78, 5) is 4.37. The minimum Gasteiger partial charge on any atom is -0.290 e. The average Bonchev–Trinajstić information content (AvgIpc) is 2.10. The highest BCUT2D eigenvalue weighted by atomic mass is 32.2. The fraction of sp³-hybridized carbons (Fsp3) is 0.500. The first-order valence-corrected chi connectivity index (χ1v) is 5.55. The van der Waals surface area contributed by atoms with Gasteiger partial charge >= 0.3 is 0 Å². The Bertz CT molecular complexity index is 171. The molecule has 0 saturated carbocycles. The highest BCUT2D eigenvalue weighted by Crippen LogP contribution is 1.99. The topological polar surface area (TPSA) is 12.4 Å². The van der Waals surface area contributed by atoms with Gasteiger partial charge < -0.3 is 0 Å². The van der Waals surface area contributed by atoms with E-state index < -0.39 is 0 Å². The number of nitrogens with zero attached hydrogens (tertiary/aromatic N) is 1. The Hall–Kier alpha value is -0.500. The van der Waals surface area contributed by atoms with Crippen molar-refractivity contribution in [3.63, 3.8) is 0 Å². The first-order valence-electron chi connectivity index (χ1n) is 4.16. The van der Waals surface area contributed by atoms with E-state index in [0.29, 0.717) is 0 Å². The summed E-state index contributed by atoms with van der Waals surface area (Å²) in [5.41, 5.74) is 1.17. The lowest BCUT2D eigenvalue weighted by molar-refractivity contribution is 1.11. The molecule has 0 saturated heterocycles. The lowest BCUT2D eigenvalue weighted by Crippen LogP contribution is -1.96. The van der Waals surface area contributed by atoms with Gasteiger partial charge in [-0.2, -0.15) is 11.8 Å². The summed E-state index contributed by atoms with van der Waals surface area (Å²) < 4.78 is 0. The second-order valence-corrected chi connectivity index (χ2v) is 3.29. The lowest BCUT2D eigenvalue weighted by Gasteiger charge is -1.97. The normalized spacial score (nSPS) is 12.3. The van der Waals surface area contributed by atoms with Gasteiger partial charge in [-0.05, 0) is 31.4 Å². The largest absolute Gasteiger partial charge is 0.290 e. The standard InChI is InChI=1S/C10H17NS/c1-4-6-7-10(11-5-2)8-9-12-3/h4,6-7H,1,5,8-9H2,2-3H3/b7-6-,11-10?. The summed E-state index contributed by atoms with van der Waals surface area (Å²) in [5.74, 6) is 1.14. The van der Waals surface area contributed by atoms with E-state index in [-0.39, 0.29) is 0 Å². The summed E-state index contributed by atoms with van der Waals surface area (Å²) >= 11 is 1.85. The van der Waals surface area contributed by atoms with Crippen LogP contribution < -0.4 is 0 Å². The second kappa shape index (κ2) is 8.60. The van der Waals surface area contributed by atoms with Gasteiger partial charge in [0.1, 0.15) is 0 Å². The van der Waals surface area contributed by atoms with E-state index in [9.17, 15) is 0 Å². The van der Waals surface area contributed by atoms with E-state index in [1.165, 1.54) is 5.71 Å². The molecule has 0 radical (unpaired) electrons. The summed E-state index contributed by atoms with van der Waals surface area (Å²) in [5, 5.41) is 0. The van der Waals surface area contributed by atoms with E-state index in [1.807, 2.05) is 23.9 Å². The molecular weight excluding hydrogens is 166 g/mol. The van der Waals surface area contributed by atoms with Crippen LogP contribution in [0, 0.1) is 0 Å². The van der Waals surface area contributed by atoms with Gasteiger partial charge in [-0.25, -0.2) is 0 Å². The first-order chi connectivity index (χ1) is 5.85. The number of hydrogen-bond donors (Lipinski definition) is 0. The van der Waals surface area contributed by atoms with Crippen LogP contribution in [0.4, 0.5) is 0 Å². The highest BCUT2D eigenvalue weighted by molar-refractivity contribution is 7.98. The van der Waals surface area contributed by atoms with Crippen molar-refractivity contribution in [2.75, 3.05) is 18.6 Å². The predicted octanol–water partition coefficient (Wildman–Crippen LogP) is 2.94. The Labute approximate surface area is 79.7 Å². The molecule has 0 aliphatic rings. The molecule has 0 aliphatic heterocycles. The van der Waals surface area contributed by atoms with Crippen LogP contribution in [-0.2, 0) is 0 Å². The minimum atomic E-state index is 0.866. The molecule has 0 unspecified atom stereocenters. The zero-order chi connectivity index (χ0) is 9.23. The van der Waals surface area contributed by atoms with Crippen molar-refractivity contribution in [3.8, 4) is 0 Å². The molecule has 0 aliphatic carbocycles. The SMILES string of the molecule is C=C/C=C\C(CCSC)=NCC. The van der Waals surface area contributed by atoms with Gasteiger partial charge in [0.15, 0.2) is 0 Å². The van der Waals surface area contributed by atoms with Crippen molar-refractivity contribution in [2.45, 2.75) is 13.3 Å². The van der Waals surface area contributed by atoms with E-state index in [2.05, 4.69) is 24.8 Å². The Morgan fingerprint density at radius 1 is 1.58 bits per heavy atom. The molecule has 0 spiro atoms. The predicted molar refractivity (Wildman–Crippen MR) is 60.3 cm³/mol. The maximum Gasteiger partial charge on any atom is 0.0364 e. The Balaban J connectivity index is 3.95. The third-order valence-corrected chi connectivity index (χ3v) is 1.96. The van der Waals surface area contributed by atoms with Crippen LogP contribution >= 0.6 is 11.8 Å². The molecule has 0 N–H and O–H groups in total. The van der Waals surface area contributed by atoms with Crippen molar-refractivity contribution in [1.29, 1.82) is 0 Å². The van der Waals surface area contributed by atoms with Crippen LogP contribution in [0.25, 0.3) is 0 Å². The van der Waals surface area contributed by atoms with Gasteiger partial charge in [0.25, 0.3) is 0 Å². The fourth-order valence-corrected chi connectivity index (χ4v) is 1.22. The van der Waals surface area contributed by atoms with Crippen molar-refractivity contribution in [1.82, 2.24) is 0 Å². The third kappa shape index (κ3) is 6.23. The number of aliphatic imine (C=N–C) groups is 1. The number of rotatable bonds is 6. The third-order valence-electron chi connectivity index (χ3n) is 1.35. The molecule has 0 aromatic rings. The molecule has 1 nitrogen and oxygen atoms in total. The highest BCUT2D eigenvalue weighted by Gasteiger charge is 1.91. The van der Waals surface area contributed by atoms with Crippen LogP contribution in [0.1, 0.15) is 13.3 Å². The average molecular weight is 183 g/mol. The van der Waals surface area contributed by atoms with Gasteiger partial charge in [-0.15, -0.1) is 0 Å². The van der Waals surface area contributed by atoms with Crippen LogP contribution in [0.2, 0.25) is 0 Å². The molecule has 0 aromatic carbocycles. The maximum atomic E-state index is 4.37. The van der Waals surface area contributed by atoms with E-state index in [1.54, 1.807) is 6.08 Å². The second-order valence-electron chi connectivity index (χ2n) is 2.30. The van der Waals surface area contributed by atoms with E-state index >= 15 is 0 Å². The molecule has 0 fully saturated rings. The molecule has 0 heterocycles. The molecule has 12 heavy (non-hydrogen) atoms. The molecule has 0 amide bonds. The van der Waals surface area contributed by atoms with Crippen LogP contribution in [0.15, 0.2) is 29.8 Å². The number of hydrogen-bond acceptors (Lipinski definition) is 2. The fourth-order valence-electron chi connectivity index (χ4n) is 0.804. The zero-order valence-electron chi connectivity index (χ0n) is 7.92. The van der Waals surface area contributed by atoms with Gasteiger partial charge in [-0.3, -0.25) is 4.99 Å². The number of allylic oxidation sites excluding steroid dienone is 3. The first kappa shape index (κ1) is 11.5. The minimum absolute atomic E-state index is 0.866. The number of thioether (sulfide) groups is 1. The summed E-state index contributed by atoms with van der Waals surface area (Å²) in [6.45, 7) is 6.55. The quantitative estimate of drug-likeness (QED) is 0.455. The van der Waals surface area contributed by atoms with E-state index in [0.717, 1.165) is 18.7 Å². The Kier molecular flexibility index (Phi) is 8.24. The maximum absolute atomic E-state index is 4.37. The molecule has 0 bridgehead atoms. The molecule has 2 heteroatoms. The Morgan fingerprint density at radius 2 is 2.33 bits per heavy atom. The molecule has 0 atom stereocenters.